The monoisotopic (exact) mass is 212 g/mol. The summed E-state index contributed by atoms with van der Waals surface area (Å²) < 4.78 is 17.9. The lowest BCUT2D eigenvalue weighted by molar-refractivity contribution is -0.129. The highest BCUT2D eigenvalue weighted by atomic mass is 19.1. The summed E-state index contributed by atoms with van der Waals surface area (Å²) in [7, 11) is 2.90. The number of halogens is 1. The predicted octanol–water partition coefficient (Wildman–Crippen LogP) is 0.709. The summed E-state index contributed by atoms with van der Waals surface area (Å²) in [6.07, 6.45) is 0.0218. The molecular weight excluding hydrogens is 199 g/mol. The number of benzene rings is 1. The number of ether oxygens (including phenoxy) is 1. The quantitative estimate of drug-likeness (QED) is 0.456. The number of amides is 1. The number of likely N-dealkylation sites (N-methyl/N-ethyl adjacent to an activating group) is 1. The summed E-state index contributed by atoms with van der Waals surface area (Å²) in [5.74, 6) is 5.03. The molecule has 1 rings (SSSR count). The fourth-order valence-electron chi connectivity index (χ4n) is 1.17. The number of hydrazine groups is 1. The molecule has 0 aliphatic carbocycles. The maximum absolute atomic E-state index is 12.9. The highest BCUT2D eigenvalue weighted by Crippen LogP contribution is 2.19. The number of nitrogens with two attached hydrogens (primary N) is 1. The van der Waals surface area contributed by atoms with Gasteiger partial charge in [0.2, 0.25) is 5.91 Å². The zero-order valence-electron chi connectivity index (χ0n) is 8.66. The van der Waals surface area contributed by atoms with E-state index in [1.165, 1.54) is 32.4 Å². The van der Waals surface area contributed by atoms with E-state index in [4.69, 9.17) is 10.6 Å². The van der Waals surface area contributed by atoms with Gasteiger partial charge in [-0.15, -0.1) is 0 Å². The molecule has 0 aliphatic rings. The fourth-order valence-corrected chi connectivity index (χ4v) is 1.17. The van der Waals surface area contributed by atoms with Crippen LogP contribution in [0.5, 0.6) is 5.75 Å². The van der Waals surface area contributed by atoms with Crippen molar-refractivity contribution in [2.24, 2.45) is 5.84 Å². The molecule has 82 valence electrons. The molecule has 1 amide bonds. The van der Waals surface area contributed by atoms with Crippen LogP contribution in [0.3, 0.4) is 0 Å². The van der Waals surface area contributed by atoms with E-state index >= 15 is 0 Å². The molecular formula is C10H13FN2O2. The molecule has 1 aromatic rings. The Balaban J connectivity index is 2.92. The summed E-state index contributed by atoms with van der Waals surface area (Å²) in [6, 6.07) is 4.02. The third-order valence-corrected chi connectivity index (χ3v) is 1.98. The van der Waals surface area contributed by atoms with Crippen molar-refractivity contribution in [2.45, 2.75) is 6.42 Å². The Morgan fingerprint density at radius 1 is 1.60 bits per heavy atom. The van der Waals surface area contributed by atoms with Gasteiger partial charge in [0.1, 0.15) is 11.6 Å². The van der Waals surface area contributed by atoms with E-state index in [9.17, 15) is 9.18 Å². The summed E-state index contributed by atoms with van der Waals surface area (Å²) in [4.78, 5) is 11.3. The third kappa shape index (κ3) is 2.92. The minimum atomic E-state index is -0.404. The number of carbonyl (C=O) groups excluding carboxylic acids is 1. The first kappa shape index (κ1) is 11.5. The van der Waals surface area contributed by atoms with Crippen LogP contribution < -0.4 is 10.6 Å². The Morgan fingerprint density at radius 3 is 2.80 bits per heavy atom. The first-order valence-electron chi connectivity index (χ1n) is 4.38. The predicted molar refractivity (Wildman–Crippen MR) is 53.6 cm³/mol. The van der Waals surface area contributed by atoms with Gasteiger partial charge in [-0.2, -0.15) is 0 Å². The standard InChI is InChI=1S/C10H13FN2O2/c1-13(12)10(14)6-7-5-8(11)3-4-9(7)15-2/h3-5H,6,12H2,1-2H3. The molecule has 0 aromatic heterocycles. The molecule has 4 nitrogen and oxygen atoms in total. The van der Waals surface area contributed by atoms with Gasteiger partial charge in [0, 0.05) is 12.6 Å². The normalized spacial score (nSPS) is 9.87. The van der Waals surface area contributed by atoms with Crippen LogP contribution in [0.25, 0.3) is 0 Å². The first-order chi connectivity index (χ1) is 7.04. The average molecular weight is 212 g/mol. The van der Waals surface area contributed by atoms with E-state index in [0.717, 1.165) is 5.01 Å². The van der Waals surface area contributed by atoms with Gasteiger partial charge in [0.25, 0.3) is 0 Å². The van der Waals surface area contributed by atoms with Gasteiger partial charge in [0.05, 0.1) is 13.5 Å². The molecule has 2 N–H and O–H groups in total. The minimum Gasteiger partial charge on any atom is -0.496 e. The van der Waals surface area contributed by atoms with E-state index in [0.29, 0.717) is 11.3 Å². The number of carbonyl (C=O) groups is 1. The number of methoxy groups -OCH3 is 1. The summed E-state index contributed by atoms with van der Waals surface area (Å²) in [5.41, 5.74) is 0.486. The maximum Gasteiger partial charge on any atom is 0.240 e. The Kier molecular flexibility index (Phi) is 3.62. The molecule has 0 unspecified atom stereocenters. The molecule has 0 aliphatic heterocycles. The molecule has 0 bridgehead atoms. The molecule has 0 radical (unpaired) electrons. The zero-order valence-corrected chi connectivity index (χ0v) is 8.66. The lowest BCUT2D eigenvalue weighted by Crippen LogP contribution is -2.34. The van der Waals surface area contributed by atoms with Gasteiger partial charge in [-0.1, -0.05) is 0 Å². The van der Waals surface area contributed by atoms with Gasteiger partial charge in [0.15, 0.2) is 0 Å². The third-order valence-electron chi connectivity index (χ3n) is 1.98. The smallest absolute Gasteiger partial charge is 0.240 e. The lowest BCUT2D eigenvalue weighted by Gasteiger charge is -2.12. The molecule has 0 spiro atoms. The number of hydrogen-bond donors (Lipinski definition) is 1. The van der Waals surface area contributed by atoms with Crippen LogP contribution >= 0.6 is 0 Å². The van der Waals surface area contributed by atoms with Crippen LogP contribution in [-0.4, -0.2) is 25.1 Å². The Labute approximate surface area is 87.4 Å². The van der Waals surface area contributed by atoms with Crippen molar-refractivity contribution < 1.29 is 13.9 Å². The highest BCUT2D eigenvalue weighted by Gasteiger charge is 2.11. The largest absolute Gasteiger partial charge is 0.496 e. The molecule has 0 saturated heterocycles. The van der Waals surface area contributed by atoms with Gasteiger partial charge in [-0.25, -0.2) is 10.2 Å². The van der Waals surface area contributed by atoms with Crippen LogP contribution in [0.2, 0.25) is 0 Å². The van der Waals surface area contributed by atoms with E-state index in [-0.39, 0.29) is 12.3 Å². The molecule has 0 atom stereocenters. The molecule has 15 heavy (non-hydrogen) atoms. The van der Waals surface area contributed by atoms with Crippen LogP contribution in [0.15, 0.2) is 18.2 Å². The van der Waals surface area contributed by atoms with Crippen molar-refractivity contribution in [3.05, 3.63) is 29.6 Å². The van der Waals surface area contributed by atoms with E-state index in [2.05, 4.69) is 0 Å². The second-order valence-corrected chi connectivity index (χ2v) is 3.14. The fraction of sp³-hybridized carbons (Fsp3) is 0.300. The zero-order chi connectivity index (χ0) is 11.4. The molecule has 0 fully saturated rings. The number of hydrogen-bond acceptors (Lipinski definition) is 3. The van der Waals surface area contributed by atoms with Gasteiger partial charge < -0.3 is 4.74 Å². The van der Waals surface area contributed by atoms with Crippen molar-refractivity contribution in [3.8, 4) is 5.75 Å². The van der Waals surface area contributed by atoms with E-state index < -0.39 is 5.82 Å². The van der Waals surface area contributed by atoms with Crippen molar-refractivity contribution in [1.82, 2.24) is 5.01 Å². The molecule has 5 heteroatoms. The molecule has 1 aromatic carbocycles. The average Bonchev–Trinajstić information content (AvgIpc) is 2.18. The SMILES string of the molecule is COc1ccc(F)cc1CC(=O)N(C)N. The van der Waals surface area contributed by atoms with Crippen LogP contribution in [0.1, 0.15) is 5.56 Å². The Bertz CT molecular complexity index is 366. The summed E-state index contributed by atoms with van der Waals surface area (Å²) in [6.45, 7) is 0. The minimum absolute atomic E-state index is 0.0218. The summed E-state index contributed by atoms with van der Waals surface area (Å²) in [5, 5.41) is 0.963. The van der Waals surface area contributed by atoms with Gasteiger partial charge >= 0.3 is 0 Å². The molecule has 0 heterocycles. The first-order valence-corrected chi connectivity index (χ1v) is 4.38. The van der Waals surface area contributed by atoms with Gasteiger partial charge in [-0.05, 0) is 18.2 Å². The second kappa shape index (κ2) is 4.75. The van der Waals surface area contributed by atoms with E-state index in [1.807, 2.05) is 0 Å². The number of nitrogens with zero attached hydrogens (tertiary/aromatic N) is 1. The van der Waals surface area contributed by atoms with E-state index in [1.54, 1.807) is 0 Å². The number of rotatable bonds is 3. The van der Waals surface area contributed by atoms with Gasteiger partial charge in [-0.3, -0.25) is 9.80 Å². The highest BCUT2D eigenvalue weighted by molar-refractivity contribution is 5.78. The maximum atomic E-state index is 12.9. The summed E-state index contributed by atoms with van der Waals surface area (Å²) >= 11 is 0. The topological polar surface area (TPSA) is 55.6 Å². The lowest BCUT2D eigenvalue weighted by atomic mass is 10.1. The van der Waals surface area contributed by atoms with Crippen molar-refractivity contribution >= 4 is 5.91 Å². The van der Waals surface area contributed by atoms with Crippen LogP contribution in [0.4, 0.5) is 4.39 Å². The van der Waals surface area contributed by atoms with Crippen LogP contribution in [0, 0.1) is 5.82 Å². The van der Waals surface area contributed by atoms with Crippen molar-refractivity contribution in [2.75, 3.05) is 14.2 Å². The molecule has 0 saturated carbocycles. The van der Waals surface area contributed by atoms with Crippen LogP contribution in [-0.2, 0) is 11.2 Å². The van der Waals surface area contributed by atoms with Crippen molar-refractivity contribution in [3.63, 3.8) is 0 Å². The second-order valence-electron chi connectivity index (χ2n) is 3.14. The Morgan fingerprint density at radius 2 is 2.27 bits per heavy atom. The van der Waals surface area contributed by atoms with Crippen molar-refractivity contribution in [1.29, 1.82) is 0 Å². The Hall–Kier alpha value is -1.62.